The molecule has 0 atom stereocenters. The fraction of sp³-hybridized carbons (Fsp3) is 0.353. The van der Waals surface area contributed by atoms with Gasteiger partial charge in [0.25, 0.3) is 5.91 Å². The predicted octanol–water partition coefficient (Wildman–Crippen LogP) is 1.91. The van der Waals surface area contributed by atoms with E-state index in [0.29, 0.717) is 29.5 Å². The van der Waals surface area contributed by atoms with Crippen LogP contribution in [0.15, 0.2) is 36.5 Å². The van der Waals surface area contributed by atoms with Gasteiger partial charge in [-0.05, 0) is 25.0 Å². The molecule has 0 spiro atoms. The molecule has 1 aromatic carbocycles. The smallest absolute Gasteiger partial charge is 0.258 e. The van der Waals surface area contributed by atoms with Crippen molar-refractivity contribution in [3.8, 4) is 0 Å². The van der Waals surface area contributed by atoms with E-state index in [1.165, 1.54) is 0 Å². The molecule has 1 aromatic heterocycles. The van der Waals surface area contributed by atoms with Crippen molar-refractivity contribution in [2.45, 2.75) is 18.9 Å². The van der Waals surface area contributed by atoms with Crippen LogP contribution in [0.5, 0.6) is 0 Å². The summed E-state index contributed by atoms with van der Waals surface area (Å²) in [5.74, 6) is 0.308. The number of aromatic nitrogens is 2. The van der Waals surface area contributed by atoms with Crippen LogP contribution in [0.25, 0.3) is 0 Å². The van der Waals surface area contributed by atoms with Gasteiger partial charge in [0.15, 0.2) is 0 Å². The van der Waals surface area contributed by atoms with Crippen molar-refractivity contribution >= 4 is 29.2 Å². The van der Waals surface area contributed by atoms with Gasteiger partial charge in [0.05, 0.1) is 29.4 Å². The maximum atomic E-state index is 12.4. The second-order valence-electron chi connectivity index (χ2n) is 5.91. The van der Waals surface area contributed by atoms with Gasteiger partial charge in [0, 0.05) is 19.2 Å². The van der Waals surface area contributed by atoms with Gasteiger partial charge < -0.3 is 16.0 Å². The van der Waals surface area contributed by atoms with Crippen LogP contribution >= 0.6 is 11.6 Å². The van der Waals surface area contributed by atoms with Gasteiger partial charge in [-0.25, -0.2) is 4.68 Å². The molecule has 0 aliphatic carbocycles. The van der Waals surface area contributed by atoms with Gasteiger partial charge in [0.2, 0.25) is 5.91 Å². The molecule has 1 aliphatic heterocycles. The van der Waals surface area contributed by atoms with Crippen molar-refractivity contribution in [3.63, 3.8) is 0 Å². The van der Waals surface area contributed by atoms with Gasteiger partial charge in [-0.2, -0.15) is 5.10 Å². The zero-order valence-electron chi connectivity index (χ0n) is 13.7. The third kappa shape index (κ3) is 3.83. The molecule has 1 aliphatic rings. The molecular formula is C17H20ClN5O2. The molecule has 0 bridgehead atoms. The van der Waals surface area contributed by atoms with Crippen molar-refractivity contribution in [1.29, 1.82) is 0 Å². The highest BCUT2D eigenvalue weighted by atomic mass is 35.5. The van der Waals surface area contributed by atoms with Gasteiger partial charge in [-0.15, -0.1) is 0 Å². The maximum Gasteiger partial charge on any atom is 0.258 e. The molecule has 1 saturated heterocycles. The molecule has 2 amide bonds. The number of nitrogens with one attached hydrogen (secondary N) is 1. The highest BCUT2D eigenvalue weighted by molar-refractivity contribution is 6.34. The Balaban J connectivity index is 1.69. The lowest BCUT2D eigenvalue weighted by atomic mass is 10.1. The fourth-order valence-electron chi connectivity index (χ4n) is 3.02. The first-order valence-corrected chi connectivity index (χ1v) is 8.55. The second kappa shape index (κ2) is 7.67. The van der Waals surface area contributed by atoms with E-state index < -0.39 is 0 Å². The lowest BCUT2D eigenvalue weighted by molar-refractivity contribution is -0.130. The van der Waals surface area contributed by atoms with Crippen molar-refractivity contribution in [2.75, 3.05) is 25.0 Å². The number of rotatable bonds is 4. The van der Waals surface area contributed by atoms with E-state index >= 15 is 0 Å². The van der Waals surface area contributed by atoms with Gasteiger partial charge in [-0.3, -0.25) is 9.59 Å². The van der Waals surface area contributed by atoms with Crippen LogP contribution in [0.4, 0.5) is 5.82 Å². The number of likely N-dealkylation sites (tertiary alicyclic amines) is 1. The number of piperidine rings is 1. The highest BCUT2D eigenvalue weighted by Gasteiger charge is 2.25. The Morgan fingerprint density at radius 3 is 2.64 bits per heavy atom. The quantitative estimate of drug-likeness (QED) is 0.869. The number of halogens is 1. The van der Waals surface area contributed by atoms with Crippen LogP contribution in [0.1, 0.15) is 29.2 Å². The Labute approximate surface area is 150 Å². The first-order chi connectivity index (χ1) is 12.1. The molecular weight excluding hydrogens is 342 g/mol. The Bertz CT molecular complexity index is 768. The number of benzene rings is 1. The molecule has 0 saturated carbocycles. The van der Waals surface area contributed by atoms with Crippen molar-refractivity contribution < 1.29 is 9.59 Å². The van der Waals surface area contributed by atoms with Gasteiger partial charge in [0.1, 0.15) is 5.82 Å². The van der Waals surface area contributed by atoms with E-state index in [-0.39, 0.29) is 24.4 Å². The van der Waals surface area contributed by atoms with Gasteiger partial charge in [-0.1, -0.05) is 23.7 Å². The van der Waals surface area contributed by atoms with E-state index in [0.717, 1.165) is 12.8 Å². The molecule has 0 unspecified atom stereocenters. The second-order valence-corrected chi connectivity index (χ2v) is 6.32. The largest absolute Gasteiger partial charge is 0.341 e. The van der Waals surface area contributed by atoms with Crippen molar-refractivity contribution in [2.24, 2.45) is 5.73 Å². The van der Waals surface area contributed by atoms with Crippen LogP contribution in [-0.4, -0.2) is 46.1 Å². The zero-order chi connectivity index (χ0) is 17.8. The summed E-state index contributed by atoms with van der Waals surface area (Å²) in [6.07, 6.45) is 3.18. The topological polar surface area (TPSA) is 93.2 Å². The number of carbonyl (C=O) groups excluding carboxylic acids is 2. The van der Waals surface area contributed by atoms with Crippen molar-refractivity contribution in [1.82, 2.24) is 14.7 Å². The predicted molar refractivity (Wildman–Crippen MR) is 95.5 cm³/mol. The average molecular weight is 362 g/mol. The molecule has 3 N–H and O–H groups in total. The van der Waals surface area contributed by atoms with Crippen LogP contribution in [0, 0.1) is 0 Å². The lowest BCUT2D eigenvalue weighted by Gasteiger charge is -2.32. The van der Waals surface area contributed by atoms with Crippen LogP contribution in [0.3, 0.4) is 0 Å². The zero-order valence-corrected chi connectivity index (χ0v) is 14.4. The Morgan fingerprint density at radius 2 is 1.96 bits per heavy atom. The van der Waals surface area contributed by atoms with E-state index in [2.05, 4.69) is 10.4 Å². The monoisotopic (exact) mass is 361 g/mol. The lowest BCUT2D eigenvalue weighted by Crippen LogP contribution is -2.42. The molecule has 1 fully saturated rings. The normalized spacial score (nSPS) is 15.2. The minimum Gasteiger partial charge on any atom is -0.341 e. The van der Waals surface area contributed by atoms with E-state index in [9.17, 15) is 9.59 Å². The molecule has 2 aromatic rings. The number of nitrogens with zero attached hydrogens (tertiary/aromatic N) is 3. The van der Waals surface area contributed by atoms with E-state index in [1.807, 2.05) is 0 Å². The summed E-state index contributed by atoms with van der Waals surface area (Å²) < 4.78 is 1.80. The molecule has 3 rings (SSSR count). The number of nitrogens with two attached hydrogens (primary N) is 1. The summed E-state index contributed by atoms with van der Waals surface area (Å²) in [6.45, 7) is 1.31. The summed E-state index contributed by atoms with van der Waals surface area (Å²) >= 11 is 6.08. The number of amides is 2. The number of anilines is 1. The number of hydrogen-bond donors (Lipinski definition) is 2. The maximum absolute atomic E-state index is 12.4. The molecule has 8 heteroatoms. The minimum absolute atomic E-state index is 0.0333. The molecule has 132 valence electrons. The summed E-state index contributed by atoms with van der Waals surface area (Å²) in [5.41, 5.74) is 5.83. The molecule has 7 nitrogen and oxygen atoms in total. The Hall–Kier alpha value is -2.38. The van der Waals surface area contributed by atoms with E-state index in [1.54, 1.807) is 46.1 Å². The Morgan fingerprint density at radius 1 is 1.24 bits per heavy atom. The van der Waals surface area contributed by atoms with E-state index in [4.69, 9.17) is 17.3 Å². The molecule has 25 heavy (non-hydrogen) atoms. The average Bonchev–Trinajstić information content (AvgIpc) is 3.09. The van der Waals surface area contributed by atoms with Crippen LogP contribution in [0.2, 0.25) is 5.02 Å². The summed E-state index contributed by atoms with van der Waals surface area (Å²) in [6, 6.07) is 8.78. The SMILES string of the molecule is NCC(=O)N1CCC(n2nccc2NC(=O)c2ccccc2Cl)CC1. The van der Waals surface area contributed by atoms with Gasteiger partial charge >= 0.3 is 0 Å². The van der Waals surface area contributed by atoms with Crippen molar-refractivity contribution in [3.05, 3.63) is 47.1 Å². The first kappa shape index (κ1) is 17.4. The first-order valence-electron chi connectivity index (χ1n) is 8.17. The summed E-state index contributed by atoms with van der Waals surface area (Å²) in [4.78, 5) is 25.9. The fourth-order valence-corrected chi connectivity index (χ4v) is 3.24. The number of carbonyl (C=O) groups is 2. The number of hydrogen-bond acceptors (Lipinski definition) is 4. The molecule has 0 radical (unpaired) electrons. The molecule has 2 heterocycles. The third-order valence-electron chi connectivity index (χ3n) is 4.37. The van der Waals surface area contributed by atoms with Crippen LogP contribution < -0.4 is 11.1 Å². The highest BCUT2D eigenvalue weighted by Crippen LogP contribution is 2.26. The van der Waals surface area contributed by atoms with Crippen LogP contribution in [-0.2, 0) is 4.79 Å². The third-order valence-corrected chi connectivity index (χ3v) is 4.70. The minimum atomic E-state index is -0.275. The summed E-state index contributed by atoms with van der Waals surface area (Å²) in [5, 5.41) is 7.61. The Kier molecular flexibility index (Phi) is 5.35. The summed E-state index contributed by atoms with van der Waals surface area (Å²) in [7, 11) is 0. The standard InChI is InChI=1S/C17H20ClN5O2/c18-14-4-2-1-3-13(14)17(25)21-15-5-8-20-23(15)12-6-9-22(10-7-12)16(24)11-19/h1-5,8,12H,6-7,9-11,19H2,(H,21,25).